The number of carbonyl (C=O) groups is 1. The van der Waals surface area contributed by atoms with Crippen LogP contribution in [0.5, 0.6) is 0 Å². The number of amides is 1. The Hall–Kier alpha value is -4.16. The molecule has 1 fully saturated rings. The minimum absolute atomic E-state index is 0.0975. The molecule has 1 saturated heterocycles. The standard InChI is InChI=1S/C17H17N11O2/c29-15(25-17-24-14-13(16(30)26-17)21-8-22-14)10-1-3-27(4-2-10)11-5-12(20-7-19-11)28-9-18-6-23-28/h5-10H,1-4H2,(H3,21,22,24,25,26,29,30). The lowest BCUT2D eigenvalue weighted by atomic mass is 9.96. The normalized spacial score (nSPS) is 14.9. The Morgan fingerprint density at radius 3 is 2.77 bits per heavy atom. The van der Waals surface area contributed by atoms with E-state index in [-0.39, 0.29) is 34.5 Å². The molecule has 13 nitrogen and oxygen atoms in total. The molecular formula is C17H17N11O2. The number of carbonyl (C=O) groups excluding carboxylic acids is 1. The highest BCUT2D eigenvalue weighted by atomic mass is 16.2. The van der Waals surface area contributed by atoms with E-state index in [1.807, 2.05) is 6.07 Å². The van der Waals surface area contributed by atoms with Gasteiger partial charge in [0, 0.05) is 25.1 Å². The van der Waals surface area contributed by atoms with E-state index < -0.39 is 0 Å². The monoisotopic (exact) mass is 407 g/mol. The van der Waals surface area contributed by atoms with Crippen molar-refractivity contribution in [3.8, 4) is 5.82 Å². The predicted octanol–water partition coefficient (Wildman–Crippen LogP) is -0.128. The molecule has 4 aromatic rings. The van der Waals surface area contributed by atoms with Crippen LogP contribution in [-0.4, -0.2) is 63.7 Å². The van der Waals surface area contributed by atoms with Crippen LogP contribution in [0.3, 0.4) is 0 Å². The summed E-state index contributed by atoms with van der Waals surface area (Å²) in [5.41, 5.74) is 0.154. The van der Waals surface area contributed by atoms with Crippen LogP contribution in [0.2, 0.25) is 0 Å². The largest absolute Gasteiger partial charge is 0.356 e. The van der Waals surface area contributed by atoms with Gasteiger partial charge in [-0.2, -0.15) is 10.1 Å². The van der Waals surface area contributed by atoms with E-state index in [0.29, 0.717) is 31.7 Å². The van der Waals surface area contributed by atoms with Crippen LogP contribution in [0.25, 0.3) is 17.0 Å². The second-order valence-corrected chi connectivity index (χ2v) is 6.84. The van der Waals surface area contributed by atoms with Crippen LogP contribution >= 0.6 is 0 Å². The van der Waals surface area contributed by atoms with Crippen molar-refractivity contribution in [3.05, 3.63) is 41.7 Å². The summed E-state index contributed by atoms with van der Waals surface area (Å²) in [7, 11) is 0. The van der Waals surface area contributed by atoms with Gasteiger partial charge >= 0.3 is 0 Å². The van der Waals surface area contributed by atoms with Crippen molar-refractivity contribution in [1.29, 1.82) is 0 Å². The summed E-state index contributed by atoms with van der Waals surface area (Å²) in [6.45, 7) is 1.32. The van der Waals surface area contributed by atoms with Gasteiger partial charge in [-0.3, -0.25) is 19.9 Å². The molecule has 30 heavy (non-hydrogen) atoms. The Labute approximate surface area is 168 Å². The fourth-order valence-electron chi connectivity index (χ4n) is 3.45. The van der Waals surface area contributed by atoms with Crippen LogP contribution in [0.15, 0.2) is 36.2 Å². The fourth-order valence-corrected chi connectivity index (χ4v) is 3.45. The van der Waals surface area contributed by atoms with Gasteiger partial charge in [0.1, 0.15) is 24.8 Å². The summed E-state index contributed by atoms with van der Waals surface area (Å²) < 4.78 is 1.56. The van der Waals surface area contributed by atoms with E-state index in [1.54, 1.807) is 11.0 Å². The Morgan fingerprint density at radius 1 is 1.13 bits per heavy atom. The molecule has 1 amide bonds. The Balaban J connectivity index is 1.24. The van der Waals surface area contributed by atoms with Gasteiger partial charge < -0.3 is 9.88 Å². The molecule has 13 heteroatoms. The number of imidazole rings is 1. The number of rotatable bonds is 4. The first-order valence-corrected chi connectivity index (χ1v) is 9.33. The van der Waals surface area contributed by atoms with Crippen LogP contribution in [0.1, 0.15) is 12.8 Å². The van der Waals surface area contributed by atoms with Gasteiger partial charge in [0.25, 0.3) is 5.56 Å². The summed E-state index contributed by atoms with van der Waals surface area (Å²) >= 11 is 0. The highest BCUT2D eigenvalue weighted by molar-refractivity contribution is 5.91. The fraction of sp³-hybridized carbons (Fsp3) is 0.294. The Kier molecular flexibility index (Phi) is 4.38. The number of nitrogens with one attached hydrogen (secondary N) is 3. The van der Waals surface area contributed by atoms with Crippen molar-refractivity contribution in [2.75, 3.05) is 23.3 Å². The molecule has 0 bridgehead atoms. The van der Waals surface area contributed by atoms with Crippen molar-refractivity contribution in [2.45, 2.75) is 12.8 Å². The molecule has 0 saturated carbocycles. The van der Waals surface area contributed by atoms with Crippen LogP contribution in [0, 0.1) is 5.92 Å². The molecule has 0 radical (unpaired) electrons. The number of aromatic nitrogens is 9. The molecule has 0 aromatic carbocycles. The minimum Gasteiger partial charge on any atom is -0.356 e. The zero-order valence-electron chi connectivity index (χ0n) is 15.7. The number of H-pyrrole nitrogens is 2. The molecule has 5 rings (SSSR count). The van der Waals surface area contributed by atoms with Crippen LogP contribution in [-0.2, 0) is 4.79 Å². The molecule has 1 aliphatic rings. The van der Waals surface area contributed by atoms with Gasteiger partial charge in [-0.05, 0) is 12.8 Å². The van der Waals surface area contributed by atoms with Gasteiger partial charge in [-0.1, -0.05) is 0 Å². The van der Waals surface area contributed by atoms with E-state index in [1.165, 1.54) is 19.0 Å². The van der Waals surface area contributed by atoms with Crippen LogP contribution in [0.4, 0.5) is 11.8 Å². The smallest absolute Gasteiger partial charge is 0.278 e. The third-order valence-electron chi connectivity index (χ3n) is 5.02. The number of fused-ring (bicyclic) bond motifs is 1. The lowest BCUT2D eigenvalue weighted by Gasteiger charge is -2.32. The zero-order valence-corrected chi connectivity index (χ0v) is 15.7. The molecule has 0 aliphatic carbocycles. The SMILES string of the molecule is O=C(Nc1nc2nc[nH]c2c(=O)[nH]1)C1CCN(c2cc(-n3cncn3)ncn2)CC1. The first kappa shape index (κ1) is 17.9. The highest BCUT2D eigenvalue weighted by Crippen LogP contribution is 2.23. The molecule has 0 atom stereocenters. The number of anilines is 2. The average molecular weight is 407 g/mol. The maximum absolute atomic E-state index is 12.6. The summed E-state index contributed by atoms with van der Waals surface area (Å²) in [6.07, 6.45) is 7.17. The molecule has 1 aliphatic heterocycles. The van der Waals surface area contributed by atoms with E-state index >= 15 is 0 Å². The maximum Gasteiger partial charge on any atom is 0.278 e. The molecule has 3 N–H and O–H groups in total. The summed E-state index contributed by atoms with van der Waals surface area (Å²) in [4.78, 5) is 52.6. The molecular weight excluding hydrogens is 390 g/mol. The van der Waals surface area contributed by atoms with E-state index in [9.17, 15) is 9.59 Å². The average Bonchev–Trinajstić information content (AvgIpc) is 3.46. The first-order valence-electron chi connectivity index (χ1n) is 9.33. The lowest BCUT2D eigenvalue weighted by Crippen LogP contribution is -2.39. The summed E-state index contributed by atoms with van der Waals surface area (Å²) in [5, 5.41) is 6.77. The van der Waals surface area contributed by atoms with E-state index in [0.717, 1.165) is 5.82 Å². The van der Waals surface area contributed by atoms with E-state index in [4.69, 9.17) is 0 Å². The quantitative estimate of drug-likeness (QED) is 0.418. The molecule has 4 aromatic heterocycles. The first-order chi connectivity index (χ1) is 14.7. The van der Waals surface area contributed by atoms with Gasteiger partial charge in [0.15, 0.2) is 17.0 Å². The van der Waals surface area contributed by atoms with Gasteiger partial charge in [0.05, 0.1) is 6.33 Å². The Bertz CT molecular complexity index is 1240. The number of hydrogen-bond donors (Lipinski definition) is 3. The third kappa shape index (κ3) is 3.36. The number of hydrogen-bond acceptors (Lipinski definition) is 9. The number of piperidine rings is 1. The predicted molar refractivity (Wildman–Crippen MR) is 105 cm³/mol. The highest BCUT2D eigenvalue weighted by Gasteiger charge is 2.26. The summed E-state index contributed by atoms with van der Waals surface area (Å²) in [6, 6.07) is 1.84. The van der Waals surface area contributed by atoms with Gasteiger partial charge in [0.2, 0.25) is 11.9 Å². The minimum atomic E-state index is -0.380. The molecule has 152 valence electrons. The second-order valence-electron chi connectivity index (χ2n) is 6.84. The molecule has 0 spiro atoms. The second kappa shape index (κ2) is 7.35. The van der Waals surface area contributed by atoms with E-state index in [2.05, 4.69) is 50.2 Å². The lowest BCUT2D eigenvalue weighted by molar-refractivity contribution is -0.120. The summed E-state index contributed by atoms with van der Waals surface area (Å²) in [5.74, 6) is 1.11. The zero-order chi connectivity index (χ0) is 20.5. The van der Waals surface area contributed by atoms with Crippen LogP contribution < -0.4 is 15.8 Å². The molecule has 5 heterocycles. The number of aromatic amines is 2. The van der Waals surface area contributed by atoms with Crippen molar-refractivity contribution in [2.24, 2.45) is 5.92 Å². The molecule has 0 unspecified atom stereocenters. The van der Waals surface area contributed by atoms with Crippen molar-refractivity contribution < 1.29 is 4.79 Å². The van der Waals surface area contributed by atoms with Crippen molar-refractivity contribution >= 4 is 28.8 Å². The Morgan fingerprint density at radius 2 is 1.97 bits per heavy atom. The van der Waals surface area contributed by atoms with Crippen molar-refractivity contribution in [1.82, 2.24) is 44.7 Å². The van der Waals surface area contributed by atoms with Crippen molar-refractivity contribution in [3.63, 3.8) is 0 Å². The number of nitrogens with zero attached hydrogens (tertiary/aromatic N) is 8. The van der Waals surface area contributed by atoms with Gasteiger partial charge in [-0.25, -0.2) is 24.6 Å². The topological polar surface area (TPSA) is 163 Å². The maximum atomic E-state index is 12.6. The van der Waals surface area contributed by atoms with Gasteiger partial charge in [-0.15, -0.1) is 0 Å². The third-order valence-corrected chi connectivity index (χ3v) is 5.02.